The van der Waals surface area contributed by atoms with Crippen LogP contribution in [0.2, 0.25) is 0 Å². The number of ether oxygens (including phenoxy) is 1. The second kappa shape index (κ2) is 9.92. The second-order valence-corrected chi connectivity index (χ2v) is 7.65. The molecule has 1 atom stereocenters. The summed E-state index contributed by atoms with van der Waals surface area (Å²) in [5, 5.41) is 11.1. The van der Waals surface area contributed by atoms with Crippen molar-refractivity contribution in [3.63, 3.8) is 0 Å². The number of amides is 1. The van der Waals surface area contributed by atoms with E-state index >= 15 is 0 Å². The molecule has 164 valence electrons. The van der Waals surface area contributed by atoms with Gasteiger partial charge in [-0.15, -0.1) is 10.2 Å². The zero-order valence-corrected chi connectivity index (χ0v) is 17.6. The Labute approximate surface area is 181 Å². The molecule has 0 aliphatic heterocycles. The van der Waals surface area contributed by atoms with Gasteiger partial charge in [0.15, 0.2) is 5.16 Å². The average molecular weight is 451 g/mol. The van der Waals surface area contributed by atoms with Gasteiger partial charge in [-0.05, 0) is 36.8 Å². The molecule has 3 rings (SSSR count). The van der Waals surface area contributed by atoms with Gasteiger partial charge in [0, 0.05) is 19.3 Å². The number of nitrogens with one attached hydrogen (secondary N) is 1. The molecular formula is C20H20F3N5O2S. The van der Waals surface area contributed by atoms with Crippen LogP contribution in [0.25, 0.3) is 0 Å². The van der Waals surface area contributed by atoms with Crippen LogP contribution >= 0.6 is 11.8 Å². The molecule has 2 heterocycles. The number of nitrogens with zero attached hydrogens (tertiary/aromatic N) is 4. The fourth-order valence-electron chi connectivity index (χ4n) is 2.66. The Kier molecular flexibility index (Phi) is 7.29. The van der Waals surface area contributed by atoms with Crippen LogP contribution in [0.15, 0.2) is 53.9 Å². The maximum absolute atomic E-state index is 12.9. The Balaban J connectivity index is 1.79. The third kappa shape index (κ3) is 6.05. The van der Waals surface area contributed by atoms with E-state index in [2.05, 4.69) is 20.5 Å². The number of hydrogen-bond acceptors (Lipinski definition) is 6. The summed E-state index contributed by atoms with van der Waals surface area (Å²) in [6.45, 7) is 2.83. The number of carbonyl (C=O) groups excluding carboxylic acids is 1. The third-order valence-corrected chi connectivity index (χ3v) is 5.45. The number of anilines is 1. The minimum absolute atomic E-state index is 0.133. The van der Waals surface area contributed by atoms with Crippen molar-refractivity contribution in [2.75, 3.05) is 18.5 Å². The lowest BCUT2D eigenvalue weighted by molar-refractivity contribution is -0.141. The summed E-state index contributed by atoms with van der Waals surface area (Å²) in [6.07, 6.45) is -3.03. The average Bonchev–Trinajstić information content (AvgIpc) is 3.15. The van der Waals surface area contributed by atoms with Gasteiger partial charge < -0.3 is 14.6 Å². The molecule has 0 fully saturated rings. The zero-order chi connectivity index (χ0) is 22.4. The van der Waals surface area contributed by atoms with E-state index in [0.29, 0.717) is 24.1 Å². The fraction of sp³-hybridized carbons (Fsp3) is 0.300. The van der Waals surface area contributed by atoms with E-state index in [0.717, 1.165) is 17.7 Å². The van der Waals surface area contributed by atoms with Gasteiger partial charge >= 0.3 is 6.18 Å². The number of carbonyl (C=O) groups is 1. The first-order chi connectivity index (χ1) is 14.8. The van der Waals surface area contributed by atoms with Crippen molar-refractivity contribution in [1.29, 1.82) is 0 Å². The largest absolute Gasteiger partial charge is 0.433 e. The van der Waals surface area contributed by atoms with Crippen molar-refractivity contribution in [2.24, 2.45) is 7.05 Å². The number of pyridine rings is 1. The van der Waals surface area contributed by atoms with Gasteiger partial charge in [-0.1, -0.05) is 30.0 Å². The highest BCUT2D eigenvalue weighted by atomic mass is 32.2. The molecule has 0 saturated heterocycles. The van der Waals surface area contributed by atoms with Crippen LogP contribution in [-0.2, 0) is 18.0 Å². The van der Waals surface area contributed by atoms with E-state index < -0.39 is 17.8 Å². The van der Waals surface area contributed by atoms with Gasteiger partial charge in [0.2, 0.25) is 0 Å². The first kappa shape index (κ1) is 22.8. The highest BCUT2D eigenvalue weighted by Crippen LogP contribution is 2.35. The molecule has 2 aromatic heterocycles. The maximum atomic E-state index is 12.9. The SMILES string of the molecule is CCOCC(Sc1nncn1C)c1cccc(NC(=O)c2cccc(C(F)(F)F)n2)c1. The lowest BCUT2D eigenvalue weighted by Gasteiger charge is -2.17. The molecule has 1 unspecified atom stereocenters. The van der Waals surface area contributed by atoms with Crippen LogP contribution in [0.1, 0.15) is 33.9 Å². The molecule has 0 spiro atoms. The summed E-state index contributed by atoms with van der Waals surface area (Å²) in [7, 11) is 1.83. The smallest absolute Gasteiger partial charge is 0.380 e. The molecule has 1 aromatic carbocycles. The van der Waals surface area contributed by atoms with E-state index in [-0.39, 0.29) is 10.9 Å². The lowest BCUT2D eigenvalue weighted by atomic mass is 10.1. The molecule has 7 nitrogen and oxygen atoms in total. The second-order valence-electron chi connectivity index (χ2n) is 6.48. The lowest BCUT2D eigenvalue weighted by Crippen LogP contribution is -2.17. The van der Waals surface area contributed by atoms with Gasteiger partial charge in [0.25, 0.3) is 5.91 Å². The predicted molar refractivity (Wildman–Crippen MR) is 110 cm³/mol. The molecule has 1 N–H and O–H groups in total. The van der Waals surface area contributed by atoms with Crippen molar-refractivity contribution in [3.05, 3.63) is 65.7 Å². The number of benzene rings is 1. The quantitative estimate of drug-likeness (QED) is 0.513. The summed E-state index contributed by atoms with van der Waals surface area (Å²) < 4.78 is 46.0. The van der Waals surface area contributed by atoms with Gasteiger partial charge in [0.05, 0.1) is 11.9 Å². The molecule has 3 aromatic rings. The van der Waals surface area contributed by atoms with Crippen molar-refractivity contribution < 1.29 is 22.7 Å². The fourth-order valence-corrected chi connectivity index (χ4v) is 3.67. The van der Waals surface area contributed by atoms with Crippen LogP contribution < -0.4 is 5.32 Å². The molecule has 0 bridgehead atoms. The summed E-state index contributed by atoms with van der Waals surface area (Å²) in [4.78, 5) is 15.9. The predicted octanol–water partition coefficient (Wildman–Crippen LogP) is 4.35. The van der Waals surface area contributed by atoms with E-state index in [1.807, 2.05) is 20.0 Å². The highest BCUT2D eigenvalue weighted by molar-refractivity contribution is 7.99. The minimum Gasteiger partial charge on any atom is -0.380 e. The van der Waals surface area contributed by atoms with Gasteiger partial charge in [-0.3, -0.25) is 4.79 Å². The third-order valence-electron chi connectivity index (χ3n) is 4.18. The van der Waals surface area contributed by atoms with Crippen molar-refractivity contribution >= 4 is 23.4 Å². The minimum atomic E-state index is -4.63. The van der Waals surface area contributed by atoms with Crippen molar-refractivity contribution in [2.45, 2.75) is 23.5 Å². The summed E-state index contributed by atoms with van der Waals surface area (Å²) in [6, 6.07) is 10.2. The number of rotatable bonds is 8. The molecule has 31 heavy (non-hydrogen) atoms. The monoisotopic (exact) mass is 451 g/mol. The Bertz CT molecular complexity index is 1040. The van der Waals surface area contributed by atoms with Gasteiger partial charge in [-0.2, -0.15) is 13.2 Å². The van der Waals surface area contributed by atoms with Crippen LogP contribution in [0.5, 0.6) is 0 Å². The van der Waals surface area contributed by atoms with E-state index in [1.54, 1.807) is 29.1 Å². The topological polar surface area (TPSA) is 81.9 Å². The number of alkyl halides is 3. The van der Waals surface area contributed by atoms with Crippen molar-refractivity contribution in [1.82, 2.24) is 19.7 Å². The van der Waals surface area contributed by atoms with Crippen LogP contribution in [-0.4, -0.2) is 38.9 Å². The molecular weight excluding hydrogens is 431 g/mol. The molecule has 1 amide bonds. The van der Waals surface area contributed by atoms with Crippen LogP contribution in [0, 0.1) is 0 Å². The number of hydrogen-bond donors (Lipinski definition) is 1. The number of aryl methyl sites for hydroxylation is 1. The summed E-state index contributed by atoms with van der Waals surface area (Å²) in [5.41, 5.74) is -0.150. The van der Waals surface area contributed by atoms with Crippen molar-refractivity contribution in [3.8, 4) is 0 Å². The standard InChI is InChI=1S/C20H20F3N5O2S/c1-3-30-11-16(31-19-27-24-12-28(19)2)13-6-4-7-14(10-13)25-18(29)15-8-5-9-17(26-15)20(21,22)23/h4-10,12,16H,3,11H2,1-2H3,(H,25,29). The van der Waals surface area contributed by atoms with Gasteiger partial charge in [-0.25, -0.2) is 4.98 Å². The van der Waals surface area contributed by atoms with E-state index in [1.165, 1.54) is 17.8 Å². The molecule has 0 aliphatic carbocycles. The van der Waals surface area contributed by atoms with Crippen LogP contribution in [0.3, 0.4) is 0 Å². The normalized spacial score (nSPS) is 12.5. The van der Waals surface area contributed by atoms with E-state index in [9.17, 15) is 18.0 Å². The van der Waals surface area contributed by atoms with Gasteiger partial charge in [0.1, 0.15) is 17.7 Å². The van der Waals surface area contributed by atoms with Crippen LogP contribution in [0.4, 0.5) is 18.9 Å². The molecule has 0 saturated carbocycles. The Morgan fingerprint density at radius 3 is 2.71 bits per heavy atom. The molecule has 0 aliphatic rings. The Morgan fingerprint density at radius 1 is 1.26 bits per heavy atom. The number of thioether (sulfide) groups is 1. The first-order valence-corrected chi connectivity index (χ1v) is 10.2. The summed E-state index contributed by atoms with van der Waals surface area (Å²) in [5.74, 6) is -0.731. The Hall–Kier alpha value is -2.92. The number of halogens is 3. The summed E-state index contributed by atoms with van der Waals surface area (Å²) >= 11 is 1.46. The zero-order valence-electron chi connectivity index (χ0n) is 16.8. The number of aromatic nitrogens is 4. The molecule has 0 radical (unpaired) electrons. The molecule has 11 heteroatoms. The van der Waals surface area contributed by atoms with E-state index in [4.69, 9.17) is 4.74 Å². The first-order valence-electron chi connectivity index (χ1n) is 9.32. The highest BCUT2D eigenvalue weighted by Gasteiger charge is 2.33. The Morgan fingerprint density at radius 2 is 2.03 bits per heavy atom. The maximum Gasteiger partial charge on any atom is 0.433 e.